The Morgan fingerprint density at radius 1 is 0.783 bits per heavy atom. The van der Waals surface area contributed by atoms with Crippen molar-refractivity contribution in [1.29, 1.82) is 0 Å². The third-order valence-electron chi connectivity index (χ3n) is 4.15. The van der Waals surface area contributed by atoms with Gasteiger partial charge in [-0.15, -0.1) is 0 Å². The smallest absolute Gasteiger partial charge is 0.0958 e. The SMILES string of the molecule is CCCCCCCCCCCCCCCN=CCC(O)=CCO. The number of hydrogen-bond acceptors (Lipinski definition) is 3. The van der Waals surface area contributed by atoms with E-state index in [9.17, 15) is 5.11 Å². The van der Waals surface area contributed by atoms with Crippen LogP contribution in [0, 0.1) is 0 Å². The van der Waals surface area contributed by atoms with Crippen LogP contribution in [0.15, 0.2) is 16.8 Å². The lowest BCUT2D eigenvalue weighted by atomic mass is 10.0. The minimum absolute atomic E-state index is 0.113. The van der Waals surface area contributed by atoms with E-state index >= 15 is 0 Å². The Kier molecular flexibility index (Phi) is 18.5. The summed E-state index contributed by atoms with van der Waals surface area (Å²) in [4.78, 5) is 4.28. The van der Waals surface area contributed by atoms with E-state index in [0.717, 1.165) is 13.0 Å². The van der Waals surface area contributed by atoms with Gasteiger partial charge in [-0.3, -0.25) is 4.99 Å². The maximum absolute atomic E-state index is 9.27. The van der Waals surface area contributed by atoms with Crippen LogP contribution in [0.3, 0.4) is 0 Å². The Hall–Kier alpha value is -0.830. The van der Waals surface area contributed by atoms with Crippen LogP contribution in [0.1, 0.15) is 96.8 Å². The number of allylic oxidation sites excluding steroid dienone is 1. The van der Waals surface area contributed by atoms with Crippen LogP contribution in [0.25, 0.3) is 0 Å². The Bertz CT molecular complexity index is 287. The molecule has 0 unspecified atom stereocenters. The van der Waals surface area contributed by atoms with E-state index in [1.54, 1.807) is 6.21 Å². The lowest BCUT2D eigenvalue weighted by molar-refractivity contribution is 0.328. The summed E-state index contributed by atoms with van der Waals surface area (Å²) in [6.07, 6.45) is 21.3. The summed E-state index contributed by atoms with van der Waals surface area (Å²) < 4.78 is 0. The maximum atomic E-state index is 9.27. The zero-order valence-corrected chi connectivity index (χ0v) is 15.3. The number of nitrogens with zero attached hydrogens (tertiary/aromatic N) is 1. The van der Waals surface area contributed by atoms with Crippen molar-refractivity contribution in [2.45, 2.75) is 96.8 Å². The molecule has 0 aromatic heterocycles. The van der Waals surface area contributed by atoms with Crippen LogP contribution in [0.4, 0.5) is 0 Å². The van der Waals surface area contributed by atoms with Crippen molar-refractivity contribution in [2.24, 2.45) is 4.99 Å². The molecule has 0 atom stereocenters. The number of aliphatic hydroxyl groups is 2. The van der Waals surface area contributed by atoms with Crippen LogP contribution >= 0.6 is 0 Å². The van der Waals surface area contributed by atoms with E-state index in [0.29, 0.717) is 6.42 Å². The van der Waals surface area contributed by atoms with E-state index in [1.165, 1.54) is 83.1 Å². The minimum atomic E-state index is -0.113. The molecule has 23 heavy (non-hydrogen) atoms. The highest BCUT2D eigenvalue weighted by Crippen LogP contribution is 2.12. The van der Waals surface area contributed by atoms with Gasteiger partial charge in [0.15, 0.2) is 0 Å². The number of rotatable bonds is 17. The summed E-state index contributed by atoms with van der Waals surface area (Å²) in [6, 6.07) is 0. The minimum Gasteiger partial charge on any atom is -0.512 e. The molecule has 0 rings (SSSR count). The van der Waals surface area contributed by atoms with Crippen LogP contribution in [-0.2, 0) is 0 Å². The summed E-state index contributed by atoms with van der Waals surface area (Å²) in [7, 11) is 0. The molecule has 0 fully saturated rings. The van der Waals surface area contributed by atoms with Crippen LogP contribution in [0.2, 0.25) is 0 Å². The van der Waals surface area contributed by atoms with Gasteiger partial charge in [-0.25, -0.2) is 0 Å². The second-order valence-electron chi connectivity index (χ2n) is 6.41. The highest BCUT2D eigenvalue weighted by atomic mass is 16.3. The van der Waals surface area contributed by atoms with E-state index in [1.807, 2.05) is 0 Å². The number of aliphatic imine (C=N–C) groups is 1. The first-order chi connectivity index (χ1) is 11.3. The summed E-state index contributed by atoms with van der Waals surface area (Å²) in [5, 5.41) is 17.9. The number of aliphatic hydroxyl groups excluding tert-OH is 2. The first kappa shape index (κ1) is 22.2. The molecule has 0 aliphatic heterocycles. The largest absolute Gasteiger partial charge is 0.512 e. The van der Waals surface area contributed by atoms with Crippen molar-refractivity contribution in [3.05, 3.63) is 11.8 Å². The molecule has 0 amide bonds. The monoisotopic (exact) mass is 325 g/mol. The molecule has 3 nitrogen and oxygen atoms in total. The molecule has 136 valence electrons. The zero-order chi connectivity index (χ0) is 17.0. The van der Waals surface area contributed by atoms with Gasteiger partial charge in [0.2, 0.25) is 0 Å². The third-order valence-corrected chi connectivity index (χ3v) is 4.15. The van der Waals surface area contributed by atoms with Gasteiger partial charge >= 0.3 is 0 Å². The Morgan fingerprint density at radius 2 is 1.26 bits per heavy atom. The second kappa shape index (κ2) is 19.2. The van der Waals surface area contributed by atoms with E-state index in [2.05, 4.69) is 11.9 Å². The van der Waals surface area contributed by atoms with Gasteiger partial charge in [-0.05, 0) is 12.5 Å². The fourth-order valence-electron chi connectivity index (χ4n) is 2.66. The van der Waals surface area contributed by atoms with Gasteiger partial charge in [0.1, 0.15) is 0 Å². The Labute approximate surface area is 143 Å². The predicted molar refractivity (Wildman–Crippen MR) is 101 cm³/mol. The van der Waals surface area contributed by atoms with Gasteiger partial charge < -0.3 is 10.2 Å². The van der Waals surface area contributed by atoms with Gasteiger partial charge in [0.25, 0.3) is 0 Å². The van der Waals surface area contributed by atoms with Crippen molar-refractivity contribution >= 4 is 6.21 Å². The van der Waals surface area contributed by atoms with E-state index in [4.69, 9.17) is 5.11 Å². The van der Waals surface area contributed by atoms with Crippen molar-refractivity contribution < 1.29 is 10.2 Å². The predicted octanol–water partition coefficient (Wildman–Crippen LogP) is 5.97. The number of hydrogen-bond donors (Lipinski definition) is 2. The summed E-state index contributed by atoms with van der Waals surface area (Å²) >= 11 is 0. The Balaban J connectivity index is 3.13. The van der Waals surface area contributed by atoms with Gasteiger partial charge in [-0.2, -0.15) is 0 Å². The molecule has 0 saturated heterocycles. The normalized spacial score (nSPS) is 12.3. The van der Waals surface area contributed by atoms with Gasteiger partial charge in [0.05, 0.1) is 12.4 Å². The highest BCUT2D eigenvalue weighted by Gasteiger charge is 1.93. The molecule has 0 aliphatic rings. The fourth-order valence-corrected chi connectivity index (χ4v) is 2.66. The lowest BCUT2D eigenvalue weighted by Crippen LogP contribution is -1.88. The number of unbranched alkanes of at least 4 members (excludes halogenated alkanes) is 12. The Morgan fingerprint density at radius 3 is 1.74 bits per heavy atom. The van der Waals surface area contributed by atoms with Crippen LogP contribution in [0.5, 0.6) is 0 Å². The quantitative estimate of drug-likeness (QED) is 0.196. The van der Waals surface area contributed by atoms with Crippen molar-refractivity contribution in [3.63, 3.8) is 0 Å². The van der Waals surface area contributed by atoms with Gasteiger partial charge in [0, 0.05) is 19.2 Å². The molecule has 0 aliphatic carbocycles. The molecule has 0 heterocycles. The average molecular weight is 326 g/mol. The molecule has 0 bridgehead atoms. The van der Waals surface area contributed by atoms with Crippen LogP contribution in [-0.4, -0.2) is 29.6 Å². The van der Waals surface area contributed by atoms with E-state index < -0.39 is 0 Å². The molecule has 3 heteroatoms. The molecule has 0 spiro atoms. The van der Waals surface area contributed by atoms with Gasteiger partial charge in [-0.1, -0.05) is 84.0 Å². The topological polar surface area (TPSA) is 52.8 Å². The van der Waals surface area contributed by atoms with E-state index in [-0.39, 0.29) is 12.4 Å². The first-order valence-corrected chi connectivity index (χ1v) is 9.78. The standard InChI is InChI=1S/C20H39NO2/c1-2-3-4-5-6-7-8-9-10-11-12-13-14-17-21-18-15-20(23)16-19-22/h16,18,22-23H,2-15,17,19H2,1H3. The van der Waals surface area contributed by atoms with Crippen LogP contribution < -0.4 is 0 Å². The first-order valence-electron chi connectivity index (χ1n) is 9.78. The summed E-state index contributed by atoms with van der Waals surface area (Å²) in [5.41, 5.74) is 0. The molecular formula is C20H39NO2. The molecule has 0 aromatic carbocycles. The lowest BCUT2D eigenvalue weighted by Gasteiger charge is -2.02. The van der Waals surface area contributed by atoms with Crippen molar-refractivity contribution in [3.8, 4) is 0 Å². The molecule has 2 N–H and O–H groups in total. The zero-order valence-electron chi connectivity index (χ0n) is 15.3. The molecule has 0 radical (unpaired) electrons. The fraction of sp³-hybridized carbons (Fsp3) is 0.850. The molecule has 0 saturated carbocycles. The molecule has 0 aromatic rings. The summed E-state index contributed by atoms with van der Waals surface area (Å²) in [5.74, 6) is 0.196. The average Bonchev–Trinajstić information content (AvgIpc) is 2.54. The second-order valence-corrected chi connectivity index (χ2v) is 6.41. The maximum Gasteiger partial charge on any atom is 0.0958 e. The van der Waals surface area contributed by atoms with Crippen molar-refractivity contribution in [1.82, 2.24) is 0 Å². The highest BCUT2D eigenvalue weighted by molar-refractivity contribution is 5.60. The van der Waals surface area contributed by atoms with Crippen molar-refractivity contribution in [2.75, 3.05) is 13.2 Å². The summed E-state index contributed by atoms with van der Waals surface area (Å²) in [6.45, 7) is 3.01. The third kappa shape index (κ3) is 19.1. The molecular weight excluding hydrogens is 286 g/mol.